The number of carbonyl (C=O) groups excluding carboxylic acids is 1. The van der Waals surface area contributed by atoms with Crippen LogP contribution >= 0.6 is 11.9 Å². The van der Waals surface area contributed by atoms with Crippen LogP contribution in [-0.2, 0) is 0 Å². The lowest BCUT2D eigenvalue weighted by Crippen LogP contribution is -2.09. The van der Waals surface area contributed by atoms with Crippen molar-refractivity contribution in [2.45, 2.75) is 26.2 Å². The Balaban J connectivity index is 1.59. The van der Waals surface area contributed by atoms with Gasteiger partial charge in [-0.2, -0.15) is 0 Å². The lowest BCUT2D eigenvalue weighted by atomic mass is 9.96. The number of aromatic nitrogens is 3. The molecule has 0 saturated carbocycles. The summed E-state index contributed by atoms with van der Waals surface area (Å²) in [5.41, 5.74) is -0.269. The molecule has 1 atom stereocenters. The summed E-state index contributed by atoms with van der Waals surface area (Å²) in [5, 5.41) is 0.269. The SMILES string of the molecule is CCCC1C=CC(SNc2ccc(F)c(C(=O)c3c[nH]c4ncnc(OC)c34)c2F)=CC1. The number of ether oxygens (including phenoxy) is 1. The molecule has 1 unspecified atom stereocenters. The number of aromatic amines is 1. The molecule has 1 aliphatic carbocycles. The number of nitrogens with zero attached hydrogens (tertiary/aromatic N) is 2. The van der Waals surface area contributed by atoms with E-state index in [1.165, 1.54) is 37.6 Å². The van der Waals surface area contributed by atoms with Crippen LogP contribution in [0.3, 0.4) is 0 Å². The van der Waals surface area contributed by atoms with Crippen molar-refractivity contribution >= 4 is 34.5 Å². The number of anilines is 1. The number of fused-ring (bicyclic) bond motifs is 1. The monoisotopic (exact) mass is 456 g/mol. The van der Waals surface area contributed by atoms with Gasteiger partial charge in [-0.25, -0.2) is 18.7 Å². The molecule has 9 heteroatoms. The van der Waals surface area contributed by atoms with Gasteiger partial charge in [-0.3, -0.25) is 4.79 Å². The van der Waals surface area contributed by atoms with Gasteiger partial charge in [0, 0.05) is 11.1 Å². The first-order valence-corrected chi connectivity index (χ1v) is 11.0. The maximum absolute atomic E-state index is 15.2. The Morgan fingerprint density at radius 1 is 1.34 bits per heavy atom. The van der Waals surface area contributed by atoms with Gasteiger partial charge in [-0.05, 0) is 42.8 Å². The topological polar surface area (TPSA) is 79.9 Å². The Morgan fingerprint density at radius 2 is 2.19 bits per heavy atom. The molecule has 2 aromatic heterocycles. The van der Waals surface area contributed by atoms with E-state index in [2.05, 4.69) is 38.7 Å². The van der Waals surface area contributed by atoms with Gasteiger partial charge in [0.05, 0.1) is 29.3 Å². The molecule has 2 heterocycles. The van der Waals surface area contributed by atoms with E-state index in [-0.39, 0.29) is 22.5 Å². The molecule has 0 fully saturated rings. The molecule has 6 nitrogen and oxygen atoms in total. The maximum Gasteiger partial charge on any atom is 0.226 e. The van der Waals surface area contributed by atoms with Crippen LogP contribution in [0.5, 0.6) is 5.88 Å². The van der Waals surface area contributed by atoms with Crippen molar-refractivity contribution in [1.82, 2.24) is 15.0 Å². The third-order valence-corrected chi connectivity index (χ3v) is 6.14. The highest BCUT2D eigenvalue weighted by Gasteiger charge is 2.26. The minimum atomic E-state index is -0.961. The van der Waals surface area contributed by atoms with Crippen molar-refractivity contribution in [2.24, 2.45) is 5.92 Å². The summed E-state index contributed by atoms with van der Waals surface area (Å²) >= 11 is 1.22. The van der Waals surface area contributed by atoms with Gasteiger partial charge in [-0.1, -0.05) is 31.6 Å². The highest BCUT2D eigenvalue weighted by atomic mass is 32.2. The van der Waals surface area contributed by atoms with Crippen LogP contribution in [0.2, 0.25) is 0 Å². The van der Waals surface area contributed by atoms with Gasteiger partial charge >= 0.3 is 0 Å². The summed E-state index contributed by atoms with van der Waals surface area (Å²) in [7, 11) is 1.39. The molecule has 2 N–H and O–H groups in total. The lowest BCUT2D eigenvalue weighted by molar-refractivity contribution is 0.103. The number of halogens is 2. The highest BCUT2D eigenvalue weighted by molar-refractivity contribution is 8.04. The van der Waals surface area contributed by atoms with Crippen LogP contribution in [0.25, 0.3) is 11.0 Å². The van der Waals surface area contributed by atoms with Gasteiger partial charge in [0.15, 0.2) is 5.82 Å². The van der Waals surface area contributed by atoms with Crippen molar-refractivity contribution in [1.29, 1.82) is 0 Å². The smallest absolute Gasteiger partial charge is 0.226 e. The number of benzene rings is 1. The fourth-order valence-corrected chi connectivity index (χ4v) is 4.37. The Morgan fingerprint density at radius 3 is 2.91 bits per heavy atom. The predicted octanol–water partition coefficient (Wildman–Crippen LogP) is 5.80. The number of ketones is 1. The Labute approximate surface area is 188 Å². The van der Waals surface area contributed by atoms with E-state index >= 15 is 4.39 Å². The van der Waals surface area contributed by atoms with E-state index in [1.807, 2.05) is 6.08 Å². The molecule has 3 aromatic rings. The average molecular weight is 457 g/mol. The third kappa shape index (κ3) is 4.25. The van der Waals surface area contributed by atoms with Crippen LogP contribution in [0.1, 0.15) is 42.1 Å². The number of nitrogens with one attached hydrogen (secondary N) is 2. The summed E-state index contributed by atoms with van der Waals surface area (Å²) in [6, 6.07) is 2.35. The minimum absolute atomic E-state index is 0.0211. The normalized spacial score (nSPS) is 15.6. The van der Waals surface area contributed by atoms with Crippen LogP contribution in [0, 0.1) is 17.6 Å². The molecule has 1 aromatic carbocycles. The van der Waals surface area contributed by atoms with E-state index in [4.69, 9.17) is 4.74 Å². The third-order valence-electron chi connectivity index (χ3n) is 5.28. The minimum Gasteiger partial charge on any atom is -0.480 e. The Bertz CT molecular complexity index is 1220. The van der Waals surface area contributed by atoms with Gasteiger partial charge in [0.2, 0.25) is 11.7 Å². The molecule has 166 valence electrons. The first-order chi connectivity index (χ1) is 15.5. The number of carbonyl (C=O) groups is 1. The predicted molar refractivity (Wildman–Crippen MR) is 122 cm³/mol. The summed E-state index contributed by atoms with van der Waals surface area (Å²) in [4.78, 5) is 24.9. The highest BCUT2D eigenvalue weighted by Crippen LogP contribution is 2.33. The number of methoxy groups -OCH3 is 1. The van der Waals surface area contributed by atoms with E-state index < -0.39 is 23.0 Å². The van der Waals surface area contributed by atoms with Crippen molar-refractivity contribution < 1.29 is 18.3 Å². The molecule has 0 aliphatic heterocycles. The zero-order chi connectivity index (χ0) is 22.7. The number of allylic oxidation sites excluding steroid dienone is 3. The zero-order valence-corrected chi connectivity index (χ0v) is 18.4. The van der Waals surface area contributed by atoms with Crippen molar-refractivity contribution in [3.63, 3.8) is 0 Å². The second-order valence-corrected chi connectivity index (χ2v) is 8.26. The van der Waals surface area contributed by atoms with Gasteiger partial charge < -0.3 is 14.4 Å². The van der Waals surface area contributed by atoms with Crippen molar-refractivity contribution in [2.75, 3.05) is 11.8 Å². The zero-order valence-electron chi connectivity index (χ0n) is 17.6. The van der Waals surface area contributed by atoms with Crippen molar-refractivity contribution in [3.8, 4) is 5.88 Å². The van der Waals surface area contributed by atoms with E-state index in [1.54, 1.807) is 0 Å². The summed E-state index contributed by atoms with van der Waals surface area (Å²) in [5.74, 6) is -2.08. The summed E-state index contributed by atoms with van der Waals surface area (Å²) < 4.78 is 37.9. The van der Waals surface area contributed by atoms with Gasteiger partial charge in [-0.15, -0.1) is 0 Å². The molecule has 0 radical (unpaired) electrons. The summed E-state index contributed by atoms with van der Waals surface area (Å²) in [6.07, 6.45) is 12.0. The van der Waals surface area contributed by atoms with Crippen LogP contribution in [0.4, 0.5) is 14.5 Å². The molecule has 0 amide bonds. The van der Waals surface area contributed by atoms with Gasteiger partial charge in [0.1, 0.15) is 17.8 Å². The number of rotatable bonds is 8. The molecular formula is C23H22F2N4O2S. The molecule has 32 heavy (non-hydrogen) atoms. The molecular weight excluding hydrogens is 434 g/mol. The first-order valence-electron chi connectivity index (χ1n) is 10.2. The van der Waals surface area contributed by atoms with Crippen molar-refractivity contribution in [3.05, 3.63) is 70.6 Å². The Kier molecular flexibility index (Phi) is 6.55. The second-order valence-electron chi connectivity index (χ2n) is 7.38. The largest absolute Gasteiger partial charge is 0.480 e. The molecule has 0 saturated heterocycles. The molecule has 0 bridgehead atoms. The lowest BCUT2D eigenvalue weighted by Gasteiger charge is -2.16. The first kappa shape index (κ1) is 22.0. The fourth-order valence-electron chi connectivity index (χ4n) is 3.66. The molecule has 1 aliphatic rings. The van der Waals surface area contributed by atoms with Crippen LogP contribution in [-0.4, -0.2) is 27.8 Å². The molecule has 0 spiro atoms. The van der Waals surface area contributed by atoms with Gasteiger partial charge in [0.25, 0.3) is 0 Å². The second kappa shape index (κ2) is 9.52. The quantitative estimate of drug-likeness (QED) is 0.330. The summed E-state index contributed by atoms with van der Waals surface area (Å²) in [6.45, 7) is 2.15. The van der Waals surface area contributed by atoms with E-state index in [0.29, 0.717) is 11.6 Å². The fraction of sp³-hybridized carbons (Fsp3) is 0.261. The average Bonchev–Trinajstić information content (AvgIpc) is 3.24. The van der Waals surface area contributed by atoms with E-state index in [9.17, 15) is 9.18 Å². The number of H-pyrrole nitrogens is 1. The Hall–Kier alpha value is -3.20. The maximum atomic E-state index is 15.2. The van der Waals surface area contributed by atoms with Crippen LogP contribution in [0.15, 0.2) is 47.8 Å². The number of hydrogen-bond acceptors (Lipinski definition) is 6. The van der Waals surface area contributed by atoms with E-state index in [0.717, 1.165) is 30.2 Å². The molecule has 4 rings (SSSR count). The number of hydrogen-bond donors (Lipinski definition) is 2. The standard InChI is InChI=1S/C23H22F2N4O2S/c1-3-4-13-5-7-14(8-6-13)32-29-17-10-9-16(24)19(20(17)25)21(30)15-11-26-22-18(15)23(31-2)28-12-27-22/h5,7-13,29H,3-4,6H2,1-2H3,(H,26,27,28). The van der Waals surface area contributed by atoms with Crippen LogP contribution < -0.4 is 9.46 Å².